The first-order valence-corrected chi connectivity index (χ1v) is 11.0. The second-order valence-electron chi connectivity index (χ2n) is 8.58. The Morgan fingerprint density at radius 3 is 2.23 bits per heavy atom. The van der Waals surface area contributed by atoms with Crippen LogP contribution in [0.1, 0.15) is 22.5 Å². The minimum absolute atomic E-state index is 0.940. The fourth-order valence-corrected chi connectivity index (χ4v) is 4.63. The van der Waals surface area contributed by atoms with Crippen LogP contribution in [0.15, 0.2) is 54.6 Å². The number of piperazine rings is 1. The van der Waals surface area contributed by atoms with Gasteiger partial charge in [0.1, 0.15) is 5.82 Å². The van der Waals surface area contributed by atoms with Gasteiger partial charge >= 0.3 is 0 Å². The first-order valence-electron chi connectivity index (χ1n) is 11.0. The van der Waals surface area contributed by atoms with E-state index in [1.165, 1.54) is 22.4 Å². The van der Waals surface area contributed by atoms with Gasteiger partial charge in [0.05, 0.1) is 5.69 Å². The summed E-state index contributed by atoms with van der Waals surface area (Å²) < 4.78 is 2.04. The van der Waals surface area contributed by atoms with Crippen molar-refractivity contribution in [2.45, 2.75) is 27.7 Å². The number of fused-ring (bicyclic) bond motifs is 1. The lowest BCUT2D eigenvalue weighted by Crippen LogP contribution is -2.47. The Bertz CT molecular complexity index is 1230. The minimum Gasteiger partial charge on any atom is -0.368 e. The van der Waals surface area contributed by atoms with Crippen molar-refractivity contribution in [3.8, 4) is 11.1 Å². The summed E-state index contributed by atoms with van der Waals surface area (Å²) in [6.07, 6.45) is 0. The SMILES string of the molecule is Cc1ccc(C)c(N2CCN(c3cc(C)nc4c(-c5ccccc5)c(C)nn34)CC2)c1. The second-order valence-corrected chi connectivity index (χ2v) is 8.58. The molecule has 1 fully saturated rings. The van der Waals surface area contributed by atoms with Crippen molar-refractivity contribution in [3.05, 3.63) is 77.1 Å². The van der Waals surface area contributed by atoms with Crippen molar-refractivity contribution in [2.24, 2.45) is 0 Å². The fraction of sp³-hybridized carbons (Fsp3) is 0.308. The molecule has 0 aliphatic carbocycles. The number of hydrogen-bond donors (Lipinski definition) is 0. The van der Waals surface area contributed by atoms with Crippen LogP contribution in [0.5, 0.6) is 0 Å². The fourth-order valence-electron chi connectivity index (χ4n) is 4.63. The Kier molecular flexibility index (Phi) is 4.89. The van der Waals surface area contributed by atoms with Crippen molar-refractivity contribution < 1.29 is 0 Å². The molecule has 0 saturated carbocycles. The molecule has 0 atom stereocenters. The van der Waals surface area contributed by atoms with Gasteiger partial charge in [-0.05, 0) is 50.5 Å². The van der Waals surface area contributed by atoms with Gasteiger partial charge in [-0.3, -0.25) is 0 Å². The van der Waals surface area contributed by atoms with Crippen molar-refractivity contribution >= 4 is 17.2 Å². The van der Waals surface area contributed by atoms with Gasteiger partial charge in [-0.2, -0.15) is 9.61 Å². The Morgan fingerprint density at radius 1 is 0.774 bits per heavy atom. The number of aryl methyl sites for hydroxylation is 4. The van der Waals surface area contributed by atoms with Crippen molar-refractivity contribution in [1.29, 1.82) is 0 Å². The molecule has 0 amide bonds. The van der Waals surface area contributed by atoms with E-state index in [-0.39, 0.29) is 0 Å². The number of rotatable bonds is 3. The topological polar surface area (TPSA) is 36.7 Å². The summed E-state index contributed by atoms with van der Waals surface area (Å²) in [6.45, 7) is 12.4. The molecule has 0 spiro atoms. The van der Waals surface area contributed by atoms with E-state index in [1.54, 1.807) is 0 Å². The maximum atomic E-state index is 4.91. The molecule has 0 unspecified atom stereocenters. The lowest BCUT2D eigenvalue weighted by Gasteiger charge is -2.38. The van der Waals surface area contributed by atoms with E-state index in [2.05, 4.69) is 86.0 Å². The number of benzene rings is 2. The molecule has 31 heavy (non-hydrogen) atoms. The van der Waals surface area contributed by atoms with Gasteiger partial charge in [-0.15, -0.1) is 0 Å². The highest BCUT2D eigenvalue weighted by molar-refractivity contribution is 5.81. The van der Waals surface area contributed by atoms with Crippen molar-refractivity contribution in [2.75, 3.05) is 36.0 Å². The van der Waals surface area contributed by atoms with Crippen LogP contribution in [0.3, 0.4) is 0 Å². The van der Waals surface area contributed by atoms with Gasteiger partial charge in [0, 0.05) is 49.2 Å². The summed E-state index contributed by atoms with van der Waals surface area (Å²) in [5, 5.41) is 4.91. The molecule has 5 nitrogen and oxygen atoms in total. The highest BCUT2D eigenvalue weighted by Crippen LogP contribution is 2.31. The van der Waals surface area contributed by atoms with E-state index >= 15 is 0 Å². The Hall–Kier alpha value is -3.34. The maximum Gasteiger partial charge on any atom is 0.165 e. The molecule has 5 rings (SSSR count). The van der Waals surface area contributed by atoms with Gasteiger partial charge in [-0.25, -0.2) is 4.98 Å². The predicted molar refractivity (Wildman–Crippen MR) is 128 cm³/mol. The van der Waals surface area contributed by atoms with Crippen LogP contribution >= 0.6 is 0 Å². The van der Waals surface area contributed by atoms with Crippen LogP contribution in [0.25, 0.3) is 16.8 Å². The van der Waals surface area contributed by atoms with Crippen LogP contribution in [0, 0.1) is 27.7 Å². The molecule has 5 heteroatoms. The molecule has 1 saturated heterocycles. The standard InChI is InChI=1S/C26H29N5/c1-18-10-11-19(2)23(16-18)29-12-14-30(15-13-29)24-17-20(3)27-26-25(21(4)28-31(24)26)22-8-6-5-7-9-22/h5-11,16-17H,12-15H2,1-4H3. The first-order chi connectivity index (χ1) is 15.0. The van der Waals surface area contributed by atoms with Crippen LogP contribution < -0.4 is 9.80 Å². The molecule has 3 heterocycles. The zero-order chi connectivity index (χ0) is 21.5. The van der Waals surface area contributed by atoms with E-state index in [1.807, 2.05) is 10.6 Å². The lowest BCUT2D eigenvalue weighted by molar-refractivity contribution is 0.637. The van der Waals surface area contributed by atoms with Crippen LogP contribution in [-0.2, 0) is 0 Å². The monoisotopic (exact) mass is 411 g/mol. The van der Waals surface area contributed by atoms with Gasteiger partial charge in [0.15, 0.2) is 5.65 Å². The largest absolute Gasteiger partial charge is 0.368 e. The summed E-state index contributed by atoms with van der Waals surface area (Å²) in [4.78, 5) is 9.83. The average molecular weight is 412 g/mol. The lowest BCUT2D eigenvalue weighted by atomic mass is 10.1. The average Bonchev–Trinajstić information content (AvgIpc) is 3.11. The van der Waals surface area contributed by atoms with E-state index in [4.69, 9.17) is 10.1 Å². The molecule has 1 aliphatic rings. The quantitative estimate of drug-likeness (QED) is 0.478. The van der Waals surface area contributed by atoms with E-state index in [9.17, 15) is 0 Å². The van der Waals surface area contributed by atoms with Crippen LogP contribution in [0.2, 0.25) is 0 Å². The van der Waals surface area contributed by atoms with Gasteiger partial charge in [0.25, 0.3) is 0 Å². The van der Waals surface area contributed by atoms with Crippen molar-refractivity contribution in [3.63, 3.8) is 0 Å². The summed E-state index contributed by atoms with van der Waals surface area (Å²) in [6, 6.07) is 19.4. The molecular weight excluding hydrogens is 382 g/mol. The van der Waals surface area contributed by atoms with E-state index in [0.29, 0.717) is 0 Å². The second kappa shape index (κ2) is 7.73. The third kappa shape index (κ3) is 3.54. The molecule has 2 aromatic heterocycles. The molecule has 0 bridgehead atoms. The Balaban J connectivity index is 1.48. The number of anilines is 2. The first kappa shape index (κ1) is 19.6. The summed E-state index contributed by atoms with van der Waals surface area (Å²) in [7, 11) is 0. The summed E-state index contributed by atoms with van der Waals surface area (Å²) in [5.41, 5.74) is 9.29. The number of aromatic nitrogens is 3. The van der Waals surface area contributed by atoms with E-state index in [0.717, 1.165) is 54.6 Å². The molecule has 2 aromatic carbocycles. The van der Waals surface area contributed by atoms with Crippen LogP contribution in [-0.4, -0.2) is 40.8 Å². The van der Waals surface area contributed by atoms with Gasteiger partial charge in [0.2, 0.25) is 0 Å². The molecule has 4 aromatic rings. The Morgan fingerprint density at radius 2 is 1.48 bits per heavy atom. The molecule has 1 aliphatic heterocycles. The molecule has 0 N–H and O–H groups in total. The minimum atomic E-state index is 0.940. The highest BCUT2D eigenvalue weighted by atomic mass is 15.4. The molecular formula is C26H29N5. The smallest absolute Gasteiger partial charge is 0.165 e. The third-order valence-electron chi connectivity index (χ3n) is 6.24. The highest BCUT2D eigenvalue weighted by Gasteiger charge is 2.23. The van der Waals surface area contributed by atoms with Gasteiger partial charge < -0.3 is 9.80 Å². The van der Waals surface area contributed by atoms with Crippen LogP contribution in [0.4, 0.5) is 11.5 Å². The Labute approximate surface area is 184 Å². The van der Waals surface area contributed by atoms with Gasteiger partial charge in [-0.1, -0.05) is 42.5 Å². The third-order valence-corrected chi connectivity index (χ3v) is 6.24. The molecule has 0 radical (unpaired) electrons. The zero-order valence-electron chi connectivity index (χ0n) is 18.8. The van der Waals surface area contributed by atoms with Crippen molar-refractivity contribution in [1.82, 2.24) is 14.6 Å². The molecule has 158 valence electrons. The summed E-state index contributed by atoms with van der Waals surface area (Å²) >= 11 is 0. The number of nitrogens with zero attached hydrogens (tertiary/aromatic N) is 5. The predicted octanol–water partition coefficient (Wildman–Crippen LogP) is 4.96. The zero-order valence-corrected chi connectivity index (χ0v) is 18.8. The number of hydrogen-bond acceptors (Lipinski definition) is 4. The summed E-state index contributed by atoms with van der Waals surface area (Å²) in [5.74, 6) is 1.13. The van der Waals surface area contributed by atoms with E-state index < -0.39 is 0 Å². The maximum absolute atomic E-state index is 4.91. The normalized spacial score (nSPS) is 14.5.